The first-order valence-electron chi connectivity index (χ1n) is 10.1. The molecule has 2 heterocycles. The maximum Gasteiger partial charge on any atom is 0.401 e. The first-order valence-corrected chi connectivity index (χ1v) is 10.1. The molecule has 1 aromatic carbocycles. The van der Waals surface area contributed by atoms with Gasteiger partial charge in [-0.25, -0.2) is 4.39 Å². The molecule has 0 spiro atoms. The first-order chi connectivity index (χ1) is 15.4. The van der Waals surface area contributed by atoms with Crippen molar-refractivity contribution in [3.05, 3.63) is 35.3 Å². The second kappa shape index (κ2) is 9.43. The Hall–Kier alpha value is -3.06. The molecule has 1 fully saturated rings. The second-order valence-electron chi connectivity index (χ2n) is 7.93. The van der Waals surface area contributed by atoms with Gasteiger partial charge in [0, 0.05) is 43.5 Å². The number of aliphatic hydroxyl groups is 1. The minimum absolute atomic E-state index is 0.110. The first kappa shape index (κ1) is 24.6. The average Bonchev–Trinajstić information content (AvgIpc) is 3.02. The summed E-state index contributed by atoms with van der Waals surface area (Å²) >= 11 is 0. The molecule has 0 aromatic heterocycles. The van der Waals surface area contributed by atoms with Crippen LogP contribution in [0.5, 0.6) is 0 Å². The molecule has 1 aromatic rings. The third kappa shape index (κ3) is 5.47. The molecule has 0 radical (unpaired) electrons. The van der Waals surface area contributed by atoms with Crippen molar-refractivity contribution < 1.29 is 42.5 Å². The Labute approximate surface area is 186 Å². The van der Waals surface area contributed by atoms with Crippen LogP contribution in [0.1, 0.15) is 12.5 Å². The Morgan fingerprint density at radius 1 is 1.24 bits per heavy atom. The summed E-state index contributed by atoms with van der Waals surface area (Å²) in [7, 11) is 0. The van der Waals surface area contributed by atoms with Crippen molar-refractivity contribution in [2.45, 2.75) is 31.7 Å². The van der Waals surface area contributed by atoms with Crippen LogP contribution in [0.2, 0.25) is 0 Å². The summed E-state index contributed by atoms with van der Waals surface area (Å²) < 4.78 is 52.7. The minimum Gasteiger partial charge on any atom is -0.547 e. The molecule has 2 N–H and O–H groups in total. The summed E-state index contributed by atoms with van der Waals surface area (Å²) in [6.45, 7) is 1.32. The molecule has 2 aliphatic heterocycles. The van der Waals surface area contributed by atoms with Gasteiger partial charge < -0.3 is 35.2 Å². The van der Waals surface area contributed by atoms with Crippen molar-refractivity contribution >= 4 is 23.3 Å². The van der Waals surface area contributed by atoms with Crippen LogP contribution in [0.4, 0.5) is 28.9 Å². The number of rotatable bonds is 7. The Morgan fingerprint density at radius 3 is 2.42 bits per heavy atom. The summed E-state index contributed by atoms with van der Waals surface area (Å²) in [5.74, 6) is -4.47. The van der Waals surface area contributed by atoms with Crippen molar-refractivity contribution in [1.82, 2.24) is 10.3 Å². The standard InChI is InChI=1S/C20H24F4N4O5/c1-11-8-12-15(28(11)25-9-13(18(30)31)17(29)19(32)33)3-2-14(21)16(12)27-6-4-26(5-7-27)10-20(22,23)24/h2-3,9,11,17,25,29H,4-8,10H2,1H3,(H,30,31)(H,32,33)/p-2. The third-order valence-corrected chi connectivity index (χ3v) is 5.61. The zero-order valence-electron chi connectivity index (χ0n) is 17.6. The van der Waals surface area contributed by atoms with Gasteiger partial charge >= 0.3 is 6.18 Å². The fourth-order valence-electron chi connectivity index (χ4n) is 4.09. The number of fused-ring (bicyclic) bond motifs is 1. The zero-order chi connectivity index (χ0) is 24.5. The number of aliphatic carboxylic acids is 2. The number of benzene rings is 1. The number of nitrogens with one attached hydrogen (secondary N) is 1. The normalized spacial score (nSPS) is 20.5. The van der Waals surface area contributed by atoms with E-state index in [2.05, 4.69) is 5.43 Å². The highest BCUT2D eigenvalue weighted by molar-refractivity contribution is 5.93. The Morgan fingerprint density at radius 2 is 1.88 bits per heavy atom. The number of hydrazine groups is 1. The number of carboxylic acid groups (broad SMARTS) is 2. The molecule has 9 nitrogen and oxygen atoms in total. The number of anilines is 2. The highest BCUT2D eigenvalue weighted by Crippen LogP contribution is 2.39. The molecule has 2 unspecified atom stereocenters. The van der Waals surface area contributed by atoms with Crippen molar-refractivity contribution in [2.75, 3.05) is 42.6 Å². The summed E-state index contributed by atoms with van der Waals surface area (Å²) in [6, 6.07) is 2.32. The molecule has 0 amide bonds. The van der Waals surface area contributed by atoms with Gasteiger partial charge in [0.05, 0.1) is 35.9 Å². The lowest BCUT2D eigenvalue weighted by atomic mass is 10.1. The number of carbonyl (C=O) groups is 2. The van der Waals surface area contributed by atoms with E-state index in [4.69, 9.17) is 0 Å². The van der Waals surface area contributed by atoms with Crippen LogP contribution in [0.3, 0.4) is 0 Å². The molecule has 0 aliphatic carbocycles. The van der Waals surface area contributed by atoms with Gasteiger partial charge in [-0.15, -0.1) is 0 Å². The van der Waals surface area contributed by atoms with E-state index in [1.807, 2.05) is 0 Å². The van der Waals surface area contributed by atoms with Crippen LogP contribution in [-0.2, 0) is 16.0 Å². The predicted molar refractivity (Wildman–Crippen MR) is 104 cm³/mol. The van der Waals surface area contributed by atoms with Crippen LogP contribution >= 0.6 is 0 Å². The lowest BCUT2D eigenvalue weighted by Crippen LogP contribution is -2.49. The number of piperazine rings is 1. The molecule has 182 valence electrons. The fraction of sp³-hybridized carbons (Fsp3) is 0.500. The zero-order valence-corrected chi connectivity index (χ0v) is 17.6. The number of hydrogen-bond acceptors (Lipinski definition) is 9. The van der Waals surface area contributed by atoms with E-state index >= 15 is 0 Å². The summed E-state index contributed by atoms with van der Waals surface area (Å²) in [5, 5.41) is 33.0. The van der Waals surface area contributed by atoms with Gasteiger partial charge in [0.1, 0.15) is 11.9 Å². The van der Waals surface area contributed by atoms with Crippen molar-refractivity contribution in [3.63, 3.8) is 0 Å². The van der Waals surface area contributed by atoms with E-state index < -0.39 is 42.2 Å². The smallest absolute Gasteiger partial charge is 0.401 e. The molecule has 1 saturated heterocycles. The minimum atomic E-state index is -4.31. The highest BCUT2D eigenvalue weighted by Gasteiger charge is 2.35. The van der Waals surface area contributed by atoms with Crippen LogP contribution < -0.4 is 25.5 Å². The summed E-state index contributed by atoms with van der Waals surface area (Å²) in [5.41, 5.74) is 2.96. The van der Waals surface area contributed by atoms with Crippen LogP contribution in [0, 0.1) is 5.82 Å². The molecular weight excluding hydrogens is 452 g/mol. The van der Waals surface area contributed by atoms with E-state index in [1.54, 1.807) is 11.8 Å². The predicted octanol–water partition coefficient (Wildman–Crippen LogP) is -1.49. The lowest BCUT2D eigenvalue weighted by Gasteiger charge is -2.37. The number of carboxylic acids is 2. The molecule has 3 rings (SSSR count). The van der Waals surface area contributed by atoms with E-state index in [9.17, 15) is 42.5 Å². The van der Waals surface area contributed by atoms with Crippen LogP contribution in [-0.4, -0.2) is 73.0 Å². The van der Waals surface area contributed by atoms with E-state index in [0.717, 1.165) is 6.20 Å². The van der Waals surface area contributed by atoms with Crippen LogP contribution in [0.25, 0.3) is 0 Å². The third-order valence-electron chi connectivity index (χ3n) is 5.61. The SMILES string of the molecule is CC1Cc2c(ccc(F)c2N2CCN(CC(F)(F)F)CC2)N1NC=C(C(=O)[O-])C(O)C(=O)[O-]. The molecule has 2 atom stereocenters. The van der Waals surface area contributed by atoms with Gasteiger partial charge in [-0.3, -0.25) is 9.91 Å². The van der Waals surface area contributed by atoms with E-state index in [0.29, 0.717) is 17.7 Å². The quantitative estimate of drug-likeness (QED) is 0.360. The Bertz CT molecular complexity index is 947. The van der Waals surface area contributed by atoms with Crippen molar-refractivity contribution in [3.8, 4) is 0 Å². The molecule has 13 heteroatoms. The number of alkyl halides is 3. The van der Waals surface area contributed by atoms with Crippen LogP contribution in [0.15, 0.2) is 23.9 Å². The highest BCUT2D eigenvalue weighted by atomic mass is 19.4. The van der Waals surface area contributed by atoms with Gasteiger partial charge in [0.2, 0.25) is 0 Å². The molecule has 33 heavy (non-hydrogen) atoms. The second-order valence-corrected chi connectivity index (χ2v) is 7.93. The fourth-order valence-corrected chi connectivity index (χ4v) is 4.09. The summed E-state index contributed by atoms with van der Waals surface area (Å²) in [4.78, 5) is 24.9. The maximum absolute atomic E-state index is 14.8. The van der Waals surface area contributed by atoms with E-state index in [-0.39, 0.29) is 37.9 Å². The lowest BCUT2D eigenvalue weighted by molar-refractivity contribution is -0.317. The van der Waals surface area contributed by atoms with Gasteiger partial charge in [0.25, 0.3) is 0 Å². The number of halogens is 4. The van der Waals surface area contributed by atoms with Gasteiger partial charge in [-0.1, -0.05) is 0 Å². The topological polar surface area (TPSA) is 122 Å². The summed E-state index contributed by atoms with van der Waals surface area (Å²) in [6.07, 6.45) is -5.64. The Balaban J connectivity index is 1.82. The van der Waals surface area contributed by atoms with Crippen molar-refractivity contribution in [2.24, 2.45) is 0 Å². The largest absolute Gasteiger partial charge is 0.547 e. The monoisotopic (exact) mass is 474 g/mol. The molecule has 0 saturated carbocycles. The number of nitrogens with zero attached hydrogens (tertiary/aromatic N) is 3. The molecular formula is C20H22F4N4O5-2. The number of aliphatic hydroxyl groups excluding tert-OH is 1. The van der Waals surface area contributed by atoms with Gasteiger partial charge in [0.15, 0.2) is 0 Å². The van der Waals surface area contributed by atoms with Gasteiger partial charge in [-0.05, 0) is 25.5 Å². The molecule has 2 aliphatic rings. The maximum atomic E-state index is 14.8. The number of carbonyl (C=O) groups excluding carboxylic acids is 2. The number of hydrogen-bond donors (Lipinski definition) is 2. The van der Waals surface area contributed by atoms with E-state index in [1.165, 1.54) is 22.0 Å². The Kier molecular flexibility index (Phi) is 7.03. The van der Waals surface area contributed by atoms with Gasteiger partial charge in [-0.2, -0.15) is 13.2 Å². The average molecular weight is 474 g/mol. The molecule has 0 bridgehead atoms. The van der Waals surface area contributed by atoms with Crippen molar-refractivity contribution in [1.29, 1.82) is 0 Å².